The highest BCUT2D eigenvalue weighted by atomic mass is 32.1. The maximum Gasteiger partial charge on any atom is 0.419 e. The van der Waals surface area contributed by atoms with Crippen molar-refractivity contribution in [2.24, 2.45) is 0 Å². The van der Waals surface area contributed by atoms with E-state index in [1.54, 1.807) is 11.6 Å². The lowest BCUT2D eigenvalue weighted by atomic mass is 10.1. The number of rotatable bonds is 6. The molecule has 0 saturated heterocycles. The minimum Gasteiger partial charge on any atom is -0.443 e. The number of amides is 1. The van der Waals surface area contributed by atoms with E-state index in [9.17, 15) is 9.59 Å². The largest absolute Gasteiger partial charge is 0.443 e. The Morgan fingerprint density at radius 3 is 2.45 bits per heavy atom. The molecule has 0 spiro atoms. The zero-order valence-corrected chi connectivity index (χ0v) is 22.1. The lowest BCUT2D eigenvalue weighted by Gasteiger charge is -2.25. The van der Waals surface area contributed by atoms with E-state index in [2.05, 4.69) is 24.6 Å². The molecule has 3 rings (SSSR count). The second-order valence-electron chi connectivity index (χ2n) is 9.62. The summed E-state index contributed by atoms with van der Waals surface area (Å²) in [4.78, 5) is 35.1. The smallest absolute Gasteiger partial charge is 0.419 e. The first kappa shape index (κ1) is 25.1. The first-order valence-corrected chi connectivity index (χ1v) is 14.9. The number of fused-ring (bicyclic) bond motifs is 1. The van der Waals surface area contributed by atoms with Crippen molar-refractivity contribution >= 4 is 42.6 Å². The molecule has 2 heterocycles. The number of carbonyl (C=O) groups excluding carboxylic acids is 2. The zero-order valence-electron chi connectivity index (χ0n) is 20.3. The third-order valence-electron chi connectivity index (χ3n) is 4.61. The van der Waals surface area contributed by atoms with Crippen molar-refractivity contribution in [2.45, 2.75) is 52.1 Å². The first-order chi connectivity index (χ1) is 15.3. The molecule has 0 saturated carbocycles. The van der Waals surface area contributed by atoms with Gasteiger partial charge in [0.2, 0.25) is 0 Å². The van der Waals surface area contributed by atoms with E-state index in [0.29, 0.717) is 5.01 Å². The highest BCUT2D eigenvalue weighted by Gasteiger charge is 2.31. The Balaban J connectivity index is 2.13. The van der Waals surface area contributed by atoms with Crippen LogP contribution in [0.1, 0.15) is 47.9 Å². The normalized spacial score (nSPS) is 13.2. The van der Waals surface area contributed by atoms with Crippen molar-refractivity contribution in [1.82, 2.24) is 14.6 Å². The third kappa shape index (κ3) is 5.88. The van der Waals surface area contributed by atoms with Crippen LogP contribution in [0.5, 0.6) is 0 Å². The Labute approximate surface area is 199 Å². The number of hydroxylamine groups is 2. The molecule has 1 unspecified atom stereocenters. The molecule has 10 heteroatoms. The topological polar surface area (TPSA) is 82.9 Å². The predicted octanol–water partition coefficient (Wildman–Crippen LogP) is 5.46. The Bertz CT molecular complexity index is 1160. The van der Waals surface area contributed by atoms with Gasteiger partial charge in [-0.1, -0.05) is 18.2 Å². The standard InChI is InChI=1S/C23H31N3O5SSi/c1-23(2,3)30-22(28)26-13-16(15-11-9-10-12-18(15)26)19(31-33(6,7)8)20-24-17(14-32-20)21(27)25(4)29-5/h9-14,19H,1-8H3. The summed E-state index contributed by atoms with van der Waals surface area (Å²) >= 11 is 1.34. The average molecular weight is 490 g/mol. The van der Waals surface area contributed by atoms with Crippen molar-refractivity contribution in [2.75, 3.05) is 14.2 Å². The molecule has 0 aliphatic heterocycles. The molecule has 0 bridgehead atoms. The molecule has 0 fully saturated rings. The number of aromatic nitrogens is 2. The van der Waals surface area contributed by atoms with Gasteiger partial charge < -0.3 is 9.16 Å². The van der Waals surface area contributed by atoms with Crippen LogP contribution in [0, 0.1) is 0 Å². The highest BCUT2D eigenvalue weighted by Crippen LogP contribution is 2.37. The summed E-state index contributed by atoms with van der Waals surface area (Å²) in [6.07, 6.45) is 0.756. The van der Waals surface area contributed by atoms with E-state index in [4.69, 9.17) is 14.0 Å². The van der Waals surface area contributed by atoms with Crippen molar-refractivity contribution in [3.63, 3.8) is 0 Å². The van der Waals surface area contributed by atoms with Crippen LogP contribution in [-0.2, 0) is 14.0 Å². The molecule has 33 heavy (non-hydrogen) atoms. The fraction of sp³-hybridized carbons (Fsp3) is 0.435. The van der Waals surface area contributed by atoms with E-state index in [0.717, 1.165) is 21.5 Å². The van der Waals surface area contributed by atoms with E-state index >= 15 is 0 Å². The molecule has 0 aliphatic carbocycles. The van der Waals surface area contributed by atoms with E-state index < -0.39 is 26.1 Å². The molecule has 2 aromatic heterocycles. The number of hydrogen-bond donors (Lipinski definition) is 0. The van der Waals surface area contributed by atoms with Crippen LogP contribution in [0.3, 0.4) is 0 Å². The van der Waals surface area contributed by atoms with E-state index in [1.165, 1.54) is 30.1 Å². The van der Waals surface area contributed by atoms with Gasteiger partial charge in [0.25, 0.3) is 5.91 Å². The average Bonchev–Trinajstić information content (AvgIpc) is 3.34. The first-order valence-electron chi connectivity index (χ1n) is 10.6. The molecular formula is C23H31N3O5SSi. The van der Waals surface area contributed by atoms with Gasteiger partial charge in [0.15, 0.2) is 8.32 Å². The van der Waals surface area contributed by atoms with Gasteiger partial charge >= 0.3 is 6.09 Å². The van der Waals surface area contributed by atoms with Crippen LogP contribution >= 0.6 is 11.3 Å². The summed E-state index contributed by atoms with van der Waals surface area (Å²) in [6, 6.07) is 7.62. The van der Waals surface area contributed by atoms with Crippen LogP contribution in [-0.4, -0.2) is 54.7 Å². The van der Waals surface area contributed by atoms with E-state index in [-0.39, 0.29) is 11.6 Å². The van der Waals surface area contributed by atoms with Gasteiger partial charge in [-0.05, 0) is 46.5 Å². The SMILES string of the molecule is CON(C)C(=O)c1csc(C(O[Si](C)(C)C)c2cn(C(=O)OC(C)(C)C)c3ccccc23)n1. The lowest BCUT2D eigenvalue weighted by molar-refractivity contribution is -0.0760. The maximum atomic E-state index is 13.0. The van der Waals surface area contributed by atoms with Crippen LogP contribution in [0.4, 0.5) is 4.79 Å². The van der Waals surface area contributed by atoms with Crippen molar-refractivity contribution in [3.05, 3.63) is 52.1 Å². The number of benzene rings is 1. The quantitative estimate of drug-likeness (QED) is 0.338. The second kappa shape index (κ2) is 9.38. The molecule has 178 valence electrons. The Morgan fingerprint density at radius 1 is 1.18 bits per heavy atom. The summed E-state index contributed by atoms with van der Waals surface area (Å²) in [7, 11) is 0.903. The van der Waals surface area contributed by atoms with Gasteiger partial charge in [-0.15, -0.1) is 11.3 Å². The van der Waals surface area contributed by atoms with Gasteiger partial charge in [-0.2, -0.15) is 0 Å². The van der Waals surface area contributed by atoms with Gasteiger partial charge in [0.05, 0.1) is 12.6 Å². The molecule has 1 aromatic carbocycles. The second-order valence-corrected chi connectivity index (χ2v) is 15.0. The fourth-order valence-electron chi connectivity index (χ4n) is 3.23. The molecule has 0 aliphatic rings. The molecule has 1 atom stereocenters. The highest BCUT2D eigenvalue weighted by molar-refractivity contribution is 7.10. The molecule has 0 radical (unpaired) electrons. The molecule has 8 nitrogen and oxygen atoms in total. The zero-order chi connectivity index (χ0) is 24.6. The summed E-state index contributed by atoms with van der Waals surface area (Å²) in [5.41, 5.74) is 1.17. The van der Waals surface area contributed by atoms with Gasteiger partial charge in [-0.25, -0.2) is 14.8 Å². The Kier molecular flexibility index (Phi) is 7.13. The fourth-order valence-corrected chi connectivity index (χ4v) is 5.09. The lowest BCUT2D eigenvalue weighted by Crippen LogP contribution is -2.29. The molecule has 3 aromatic rings. The number of carbonyl (C=O) groups is 2. The number of thiazole rings is 1. The summed E-state index contributed by atoms with van der Waals surface area (Å²) in [6.45, 7) is 11.8. The van der Waals surface area contributed by atoms with Crippen molar-refractivity contribution in [1.29, 1.82) is 0 Å². The molecule has 0 N–H and O–H groups in total. The van der Waals surface area contributed by atoms with Gasteiger partial charge in [0.1, 0.15) is 22.4 Å². The van der Waals surface area contributed by atoms with Crippen LogP contribution in [0.25, 0.3) is 10.9 Å². The number of ether oxygens (including phenoxy) is 1. The monoisotopic (exact) mass is 489 g/mol. The Hall–Kier alpha value is -2.53. The Morgan fingerprint density at radius 2 is 1.85 bits per heavy atom. The van der Waals surface area contributed by atoms with Crippen molar-refractivity contribution in [3.8, 4) is 0 Å². The third-order valence-corrected chi connectivity index (χ3v) is 6.44. The maximum absolute atomic E-state index is 13.0. The summed E-state index contributed by atoms with van der Waals surface area (Å²) in [5.74, 6) is -0.345. The van der Waals surface area contributed by atoms with Gasteiger partial charge in [-0.3, -0.25) is 14.2 Å². The van der Waals surface area contributed by atoms with Crippen molar-refractivity contribution < 1.29 is 23.6 Å². The molecule has 1 amide bonds. The predicted molar refractivity (Wildman–Crippen MR) is 131 cm³/mol. The summed E-state index contributed by atoms with van der Waals surface area (Å²) in [5, 5.41) is 4.32. The van der Waals surface area contributed by atoms with Crippen LogP contribution in [0.15, 0.2) is 35.8 Å². The van der Waals surface area contributed by atoms with E-state index in [1.807, 2.05) is 45.0 Å². The van der Waals surface area contributed by atoms with Gasteiger partial charge in [0, 0.05) is 29.6 Å². The minimum atomic E-state index is -2.05. The number of hydrogen-bond acceptors (Lipinski definition) is 7. The number of para-hydroxylation sites is 1. The van der Waals surface area contributed by atoms with Crippen LogP contribution < -0.4 is 0 Å². The number of nitrogens with zero attached hydrogens (tertiary/aromatic N) is 3. The van der Waals surface area contributed by atoms with Crippen LogP contribution in [0.2, 0.25) is 19.6 Å². The minimum absolute atomic E-state index is 0.277. The molecular weight excluding hydrogens is 458 g/mol. The summed E-state index contributed by atoms with van der Waals surface area (Å²) < 4.78 is 13.7.